The molecule has 1 N–H and O–H groups in total. The van der Waals surface area contributed by atoms with E-state index in [4.69, 9.17) is 4.74 Å². The Hall–Kier alpha value is -0.870. The molecule has 1 aromatic rings. The van der Waals surface area contributed by atoms with E-state index in [-0.39, 0.29) is 0 Å². The zero-order chi connectivity index (χ0) is 11.1. The minimum absolute atomic E-state index is 0.753. The van der Waals surface area contributed by atoms with E-state index in [0.717, 1.165) is 32.5 Å². The average molecular weight is 211 g/mol. The van der Waals surface area contributed by atoms with Crippen LogP contribution in [0, 0.1) is 0 Å². The molecule has 0 aliphatic heterocycles. The first-order chi connectivity index (χ1) is 7.29. The molecule has 1 heterocycles. The van der Waals surface area contributed by atoms with Crippen molar-refractivity contribution in [1.82, 2.24) is 15.1 Å². The predicted molar refractivity (Wildman–Crippen MR) is 60.8 cm³/mol. The van der Waals surface area contributed by atoms with Gasteiger partial charge in [0.2, 0.25) is 0 Å². The molecule has 0 fully saturated rings. The van der Waals surface area contributed by atoms with Crippen LogP contribution >= 0.6 is 0 Å². The van der Waals surface area contributed by atoms with Crippen LogP contribution in [0.4, 0.5) is 0 Å². The lowest BCUT2D eigenvalue weighted by molar-refractivity contribution is 0.199. The Labute approximate surface area is 91.6 Å². The fourth-order valence-electron chi connectivity index (χ4n) is 1.61. The van der Waals surface area contributed by atoms with E-state index in [2.05, 4.69) is 17.3 Å². The van der Waals surface area contributed by atoms with Crippen LogP contribution in [0.15, 0.2) is 6.20 Å². The zero-order valence-corrected chi connectivity index (χ0v) is 9.92. The Balaban J connectivity index is 2.45. The summed E-state index contributed by atoms with van der Waals surface area (Å²) in [6, 6.07) is 0. The largest absolute Gasteiger partial charge is 0.383 e. The first kappa shape index (κ1) is 12.2. The molecule has 0 aliphatic carbocycles. The van der Waals surface area contributed by atoms with Gasteiger partial charge in [0.05, 0.1) is 12.8 Å². The number of nitrogens with one attached hydrogen (secondary N) is 1. The highest BCUT2D eigenvalue weighted by molar-refractivity contribution is 5.17. The van der Waals surface area contributed by atoms with E-state index in [1.165, 1.54) is 11.3 Å². The summed E-state index contributed by atoms with van der Waals surface area (Å²) >= 11 is 0. The summed E-state index contributed by atoms with van der Waals surface area (Å²) < 4.78 is 6.95. The summed E-state index contributed by atoms with van der Waals surface area (Å²) in [6.07, 6.45) is 4.20. The van der Waals surface area contributed by atoms with Crippen molar-refractivity contribution in [2.24, 2.45) is 7.05 Å². The SMILES string of the molecule is CCCc1c(CNCCOC)cnn1C. The number of nitrogens with zero attached hydrogens (tertiary/aromatic N) is 2. The van der Waals surface area contributed by atoms with Gasteiger partial charge in [0.25, 0.3) is 0 Å². The number of rotatable bonds is 7. The van der Waals surface area contributed by atoms with Gasteiger partial charge >= 0.3 is 0 Å². The smallest absolute Gasteiger partial charge is 0.0587 e. The maximum absolute atomic E-state index is 4.98. The maximum Gasteiger partial charge on any atom is 0.0587 e. The molecular weight excluding hydrogens is 190 g/mol. The monoisotopic (exact) mass is 211 g/mol. The summed E-state index contributed by atoms with van der Waals surface area (Å²) in [7, 11) is 3.72. The number of hydrogen-bond acceptors (Lipinski definition) is 3. The standard InChI is InChI=1S/C11H21N3O/c1-4-5-11-10(9-13-14(11)2)8-12-6-7-15-3/h9,12H,4-8H2,1-3H3. The molecule has 0 amide bonds. The van der Waals surface area contributed by atoms with Gasteiger partial charge in [-0.2, -0.15) is 5.10 Å². The van der Waals surface area contributed by atoms with Gasteiger partial charge in [-0.3, -0.25) is 4.68 Å². The van der Waals surface area contributed by atoms with Crippen molar-refractivity contribution in [3.05, 3.63) is 17.5 Å². The molecule has 0 saturated carbocycles. The molecule has 1 rings (SSSR count). The Morgan fingerprint density at radius 3 is 3.00 bits per heavy atom. The highest BCUT2D eigenvalue weighted by Crippen LogP contribution is 2.09. The first-order valence-corrected chi connectivity index (χ1v) is 5.49. The van der Waals surface area contributed by atoms with Gasteiger partial charge in [-0.1, -0.05) is 13.3 Å². The topological polar surface area (TPSA) is 39.1 Å². The van der Waals surface area contributed by atoms with Crippen LogP contribution in [-0.4, -0.2) is 30.0 Å². The van der Waals surface area contributed by atoms with Gasteiger partial charge in [0, 0.05) is 38.5 Å². The number of ether oxygens (including phenoxy) is 1. The summed E-state index contributed by atoms with van der Waals surface area (Å²) in [5.41, 5.74) is 2.64. The maximum atomic E-state index is 4.98. The van der Waals surface area contributed by atoms with E-state index in [1.54, 1.807) is 7.11 Å². The second-order valence-corrected chi connectivity index (χ2v) is 3.66. The Kier molecular flexibility index (Phi) is 5.36. The van der Waals surface area contributed by atoms with E-state index < -0.39 is 0 Å². The lowest BCUT2D eigenvalue weighted by atomic mass is 10.1. The highest BCUT2D eigenvalue weighted by Gasteiger charge is 2.06. The van der Waals surface area contributed by atoms with Crippen molar-refractivity contribution < 1.29 is 4.74 Å². The van der Waals surface area contributed by atoms with Gasteiger partial charge in [-0.25, -0.2) is 0 Å². The molecule has 15 heavy (non-hydrogen) atoms. The molecule has 4 nitrogen and oxygen atoms in total. The van der Waals surface area contributed by atoms with Crippen molar-refractivity contribution in [2.75, 3.05) is 20.3 Å². The second-order valence-electron chi connectivity index (χ2n) is 3.66. The summed E-state index contributed by atoms with van der Waals surface area (Å²) in [5, 5.41) is 7.62. The molecule has 1 aromatic heterocycles. The molecule has 86 valence electrons. The van der Waals surface area contributed by atoms with E-state index in [9.17, 15) is 0 Å². The second kappa shape index (κ2) is 6.58. The minimum Gasteiger partial charge on any atom is -0.383 e. The fourth-order valence-corrected chi connectivity index (χ4v) is 1.61. The molecule has 0 spiro atoms. The van der Waals surface area contributed by atoms with Gasteiger partial charge in [-0.15, -0.1) is 0 Å². The predicted octanol–water partition coefficient (Wildman–Crippen LogP) is 1.11. The third-order valence-corrected chi connectivity index (χ3v) is 2.43. The Bertz CT molecular complexity index is 283. The molecular formula is C11H21N3O. The Morgan fingerprint density at radius 1 is 1.53 bits per heavy atom. The summed E-state index contributed by atoms with van der Waals surface area (Å²) in [4.78, 5) is 0. The Morgan fingerprint density at radius 2 is 2.33 bits per heavy atom. The van der Waals surface area contributed by atoms with Gasteiger partial charge in [0.1, 0.15) is 0 Å². The van der Waals surface area contributed by atoms with Crippen LogP contribution in [0.3, 0.4) is 0 Å². The van der Waals surface area contributed by atoms with Crippen LogP contribution in [-0.2, 0) is 24.8 Å². The lowest BCUT2D eigenvalue weighted by Crippen LogP contribution is -2.19. The molecule has 0 aromatic carbocycles. The third kappa shape index (κ3) is 3.64. The van der Waals surface area contributed by atoms with Crippen LogP contribution in [0.1, 0.15) is 24.6 Å². The number of aromatic nitrogens is 2. The molecule has 4 heteroatoms. The quantitative estimate of drug-likeness (QED) is 0.687. The normalized spacial score (nSPS) is 10.9. The fraction of sp³-hybridized carbons (Fsp3) is 0.727. The molecule has 0 unspecified atom stereocenters. The zero-order valence-electron chi connectivity index (χ0n) is 9.92. The van der Waals surface area contributed by atoms with E-state index >= 15 is 0 Å². The minimum atomic E-state index is 0.753. The van der Waals surface area contributed by atoms with Crippen molar-refractivity contribution in [3.8, 4) is 0 Å². The molecule has 0 aliphatic rings. The van der Waals surface area contributed by atoms with Crippen molar-refractivity contribution >= 4 is 0 Å². The molecule has 0 saturated heterocycles. The van der Waals surface area contributed by atoms with Gasteiger partial charge < -0.3 is 10.1 Å². The van der Waals surface area contributed by atoms with Crippen LogP contribution < -0.4 is 5.32 Å². The average Bonchev–Trinajstić information content (AvgIpc) is 2.57. The summed E-state index contributed by atoms with van der Waals surface area (Å²) in [5.74, 6) is 0. The van der Waals surface area contributed by atoms with Crippen LogP contribution in [0.5, 0.6) is 0 Å². The molecule has 0 radical (unpaired) electrons. The van der Waals surface area contributed by atoms with Crippen molar-refractivity contribution in [1.29, 1.82) is 0 Å². The molecule has 0 atom stereocenters. The lowest BCUT2D eigenvalue weighted by Gasteiger charge is -2.06. The number of hydrogen-bond donors (Lipinski definition) is 1. The number of aryl methyl sites for hydroxylation is 1. The number of methoxy groups -OCH3 is 1. The van der Waals surface area contributed by atoms with E-state index in [1.807, 2.05) is 17.9 Å². The van der Waals surface area contributed by atoms with Crippen LogP contribution in [0.25, 0.3) is 0 Å². The van der Waals surface area contributed by atoms with Gasteiger partial charge in [-0.05, 0) is 6.42 Å². The first-order valence-electron chi connectivity index (χ1n) is 5.49. The highest BCUT2D eigenvalue weighted by atomic mass is 16.5. The van der Waals surface area contributed by atoms with E-state index in [0.29, 0.717) is 0 Å². The van der Waals surface area contributed by atoms with Gasteiger partial charge in [0.15, 0.2) is 0 Å². The molecule has 0 bridgehead atoms. The van der Waals surface area contributed by atoms with Crippen molar-refractivity contribution in [2.45, 2.75) is 26.3 Å². The van der Waals surface area contributed by atoms with Crippen LogP contribution in [0.2, 0.25) is 0 Å². The summed E-state index contributed by atoms with van der Waals surface area (Å²) in [6.45, 7) is 4.71. The van der Waals surface area contributed by atoms with Crippen molar-refractivity contribution in [3.63, 3.8) is 0 Å². The third-order valence-electron chi connectivity index (χ3n) is 2.43.